The van der Waals surface area contributed by atoms with Crippen LogP contribution in [0.5, 0.6) is 0 Å². The molecule has 98 valence electrons. The Balaban J connectivity index is 3.09. The molecule has 0 aliphatic rings. The van der Waals surface area contributed by atoms with Crippen LogP contribution in [0.1, 0.15) is 42.1 Å². The second-order valence-corrected chi connectivity index (χ2v) is 4.92. The second kappa shape index (κ2) is 6.54. The van der Waals surface area contributed by atoms with Crippen LogP contribution in [0.4, 0.5) is 0 Å². The van der Waals surface area contributed by atoms with E-state index in [1.807, 2.05) is 13.8 Å². The molecule has 1 aromatic heterocycles. The second-order valence-electron chi connectivity index (χ2n) is 3.96. The van der Waals surface area contributed by atoms with Crippen LogP contribution in [0, 0.1) is 6.92 Å². The molecule has 0 fully saturated rings. The molecule has 0 amide bonds. The van der Waals surface area contributed by atoms with Gasteiger partial charge in [0.05, 0.1) is 5.69 Å². The number of aryl methyl sites for hydroxylation is 2. The summed E-state index contributed by atoms with van der Waals surface area (Å²) in [5, 5.41) is 9.76. The van der Waals surface area contributed by atoms with Gasteiger partial charge in [0.2, 0.25) is 0 Å². The van der Waals surface area contributed by atoms with E-state index in [-0.39, 0.29) is 5.56 Å². The molecule has 1 N–H and O–H groups in total. The summed E-state index contributed by atoms with van der Waals surface area (Å²) < 4.78 is 0. The zero-order chi connectivity index (χ0) is 13.7. The van der Waals surface area contributed by atoms with Gasteiger partial charge in [-0.15, -0.1) is 11.8 Å². The molecule has 0 spiro atoms. The van der Waals surface area contributed by atoms with Crippen molar-refractivity contribution in [3.8, 4) is 0 Å². The zero-order valence-corrected chi connectivity index (χ0v) is 11.8. The quantitative estimate of drug-likeness (QED) is 0.487. The maximum atomic E-state index is 11.2. The summed E-state index contributed by atoms with van der Waals surface area (Å²) in [5.41, 5.74) is 1.81. The van der Waals surface area contributed by atoms with Crippen molar-refractivity contribution in [3.63, 3.8) is 0 Å². The first-order chi connectivity index (χ1) is 8.49. The van der Waals surface area contributed by atoms with Crippen LogP contribution in [0.25, 0.3) is 0 Å². The summed E-state index contributed by atoms with van der Waals surface area (Å²) in [5.74, 6) is 0.401. The molecule has 1 aromatic rings. The predicted octanol–water partition coefficient (Wildman–Crippen LogP) is 3.10. The Kier molecular flexibility index (Phi) is 5.34. The third-order valence-electron chi connectivity index (χ3n) is 2.55. The van der Waals surface area contributed by atoms with E-state index in [9.17, 15) is 9.90 Å². The molecule has 0 aliphatic heterocycles. The van der Waals surface area contributed by atoms with E-state index in [0.29, 0.717) is 28.7 Å². The number of carboxylic acid groups (broad SMARTS) is 1. The first-order valence-electron chi connectivity index (χ1n) is 5.89. The molecular weight excluding hydrogens is 248 g/mol. The smallest absolute Gasteiger partial charge is 0.340 e. The molecule has 18 heavy (non-hydrogen) atoms. The monoisotopic (exact) mass is 266 g/mol. The number of aromatic carboxylic acids is 1. The van der Waals surface area contributed by atoms with Gasteiger partial charge in [0.25, 0.3) is 0 Å². The molecule has 1 heterocycles. The van der Waals surface area contributed by atoms with Gasteiger partial charge in [-0.2, -0.15) is 0 Å². The van der Waals surface area contributed by atoms with Crippen molar-refractivity contribution in [3.05, 3.63) is 29.2 Å². The van der Waals surface area contributed by atoms with Crippen molar-refractivity contribution in [2.24, 2.45) is 0 Å². The maximum Gasteiger partial charge on any atom is 0.340 e. The van der Waals surface area contributed by atoms with E-state index in [2.05, 4.69) is 16.5 Å². The molecule has 0 radical (unpaired) electrons. The van der Waals surface area contributed by atoms with Crippen molar-refractivity contribution < 1.29 is 9.90 Å². The minimum Gasteiger partial charge on any atom is -0.478 e. The maximum absolute atomic E-state index is 11.2. The molecule has 0 unspecified atom stereocenters. The number of hydrogen-bond acceptors (Lipinski definition) is 4. The minimum atomic E-state index is -0.972. The predicted molar refractivity (Wildman–Crippen MR) is 73.3 cm³/mol. The van der Waals surface area contributed by atoms with Crippen molar-refractivity contribution in [2.45, 2.75) is 38.6 Å². The van der Waals surface area contributed by atoms with Crippen LogP contribution >= 0.6 is 11.8 Å². The van der Waals surface area contributed by atoms with Crippen molar-refractivity contribution in [1.29, 1.82) is 0 Å². The van der Waals surface area contributed by atoms with Crippen LogP contribution in [0.3, 0.4) is 0 Å². The highest BCUT2D eigenvalue weighted by Crippen LogP contribution is 2.25. The summed E-state index contributed by atoms with van der Waals surface area (Å²) in [4.78, 5) is 19.7. The van der Waals surface area contributed by atoms with Gasteiger partial charge in [-0.1, -0.05) is 26.0 Å². The largest absolute Gasteiger partial charge is 0.478 e. The van der Waals surface area contributed by atoms with Crippen LogP contribution in [0.2, 0.25) is 0 Å². The SMILES string of the molecule is C=C(CC)CSc1nc(CC)nc(C)c1C(=O)O. The normalized spacial score (nSPS) is 10.4. The lowest BCUT2D eigenvalue weighted by atomic mass is 10.2. The van der Waals surface area contributed by atoms with E-state index in [0.717, 1.165) is 12.0 Å². The van der Waals surface area contributed by atoms with Gasteiger partial charge in [0.1, 0.15) is 16.4 Å². The third kappa shape index (κ3) is 3.57. The molecule has 4 nitrogen and oxygen atoms in total. The Morgan fingerprint density at radius 2 is 2.06 bits per heavy atom. The molecule has 0 atom stereocenters. The number of carboxylic acids is 1. The minimum absolute atomic E-state index is 0.209. The summed E-state index contributed by atoms with van der Waals surface area (Å²) in [6, 6.07) is 0. The number of thioether (sulfide) groups is 1. The summed E-state index contributed by atoms with van der Waals surface area (Å²) in [7, 11) is 0. The average molecular weight is 266 g/mol. The topological polar surface area (TPSA) is 63.1 Å². The van der Waals surface area contributed by atoms with Crippen LogP contribution in [-0.4, -0.2) is 26.8 Å². The number of hydrogen-bond donors (Lipinski definition) is 1. The summed E-state index contributed by atoms with van der Waals surface area (Å²) in [6.07, 6.45) is 1.59. The van der Waals surface area contributed by atoms with Gasteiger partial charge in [-0.05, 0) is 13.3 Å². The van der Waals surface area contributed by atoms with Crippen LogP contribution < -0.4 is 0 Å². The lowest BCUT2D eigenvalue weighted by molar-refractivity contribution is 0.0690. The Morgan fingerprint density at radius 3 is 2.56 bits per heavy atom. The Morgan fingerprint density at radius 1 is 1.39 bits per heavy atom. The number of carbonyl (C=O) groups is 1. The van der Waals surface area contributed by atoms with Crippen molar-refractivity contribution in [2.75, 3.05) is 5.75 Å². The van der Waals surface area contributed by atoms with E-state index in [1.54, 1.807) is 6.92 Å². The molecule has 0 saturated heterocycles. The molecule has 5 heteroatoms. The molecular formula is C13H18N2O2S. The first kappa shape index (κ1) is 14.7. The van der Waals surface area contributed by atoms with Crippen molar-refractivity contribution in [1.82, 2.24) is 9.97 Å². The highest BCUT2D eigenvalue weighted by molar-refractivity contribution is 7.99. The average Bonchev–Trinajstić information content (AvgIpc) is 2.34. The highest BCUT2D eigenvalue weighted by atomic mass is 32.2. The Hall–Kier alpha value is -1.36. The lowest BCUT2D eigenvalue weighted by Gasteiger charge is -2.09. The van der Waals surface area contributed by atoms with Crippen molar-refractivity contribution >= 4 is 17.7 Å². The number of nitrogens with zero attached hydrogens (tertiary/aromatic N) is 2. The number of aromatic nitrogens is 2. The molecule has 0 bridgehead atoms. The van der Waals surface area contributed by atoms with E-state index < -0.39 is 5.97 Å². The zero-order valence-electron chi connectivity index (χ0n) is 11.0. The Bertz CT molecular complexity index is 472. The summed E-state index contributed by atoms with van der Waals surface area (Å²) >= 11 is 1.42. The standard InChI is InChI=1S/C13H18N2O2S/c1-5-8(3)7-18-12-11(13(16)17)9(4)14-10(6-2)15-12/h3,5-7H2,1-2,4H3,(H,16,17). The molecule has 0 saturated carbocycles. The molecule has 1 rings (SSSR count). The van der Waals surface area contributed by atoms with Gasteiger partial charge in [0, 0.05) is 12.2 Å². The fourth-order valence-corrected chi connectivity index (χ4v) is 2.48. The Labute approximate surface area is 112 Å². The molecule has 0 aromatic carbocycles. The number of rotatable bonds is 6. The fourth-order valence-electron chi connectivity index (χ4n) is 1.38. The fraction of sp³-hybridized carbons (Fsp3) is 0.462. The molecule has 0 aliphatic carbocycles. The van der Waals surface area contributed by atoms with Gasteiger partial charge in [-0.3, -0.25) is 0 Å². The first-order valence-corrected chi connectivity index (χ1v) is 6.88. The third-order valence-corrected chi connectivity index (χ3v) is 3.67. The van der Waals surface area contributed by atoms with Gasteiger partial charge < -0.3 is 5.11 Å². The van der Waals surface area contributed by atoms with E-state index in [4.69, 9.17) is 0 Å². The van der Waals surface area contributed by atoms with E-state index in [1.165, 1.54) is 11.8 Å². The van der Waals surface area contributed by atoms with Crippen LogP contribution in [-0.2, 0) is 6.42 Å². The summed E-state index contributed by atoms with van der Waals surface area (Å²) in [6.45, 7) is 9.61. The lowest BCUT2D eigenvalue weighted by Crippen LogP contribution is -2.09. The van der Waals surface area contributed by atoms with E-state index >= 15 is 0 Å². The highest BCUT2D eigenvalue weighted by Gasteiger charge is 2.17. The van der Waals surface area contributed by atoms with Gasteiger partial charge in [0.15, 0.2) is 0 Å². The van der Waals surface area contributed by atoms with Crippen LogP contribution in [0.15, 0.2) is 17.2 Å². The van der Waals surface area contributed by atoms with Gasteiger partial charge in [-0.25, -0.2) is 14.8 Å². The van der Waals surface area contributed by atoms with Gasteiger partial charge >= 0.3 is 5.97 Å².